The maximum absolute atomic E-state index is 10.2. The first-order chi connectivity index (χ1) is 10.5. The molecule has 0 aliphatic carbocycles. The molecule has 0 amide bonds. The van der Waals surface area contributed by atoms with Gasteiger partial charge in [-0.3, -0.25) is 0 Å². The van der Waals surface area contributed by atoms with Gasteiger partial charge >= 0.3 is 0 Å². The second-order valence-corrected chi connectivity index (χ2v) is 5.22. The molecule has 1 atom stereocenters. The second kappa shape index (κ2) is 6.60. The lowest BCUT2D eigenvalue weighted by molar-refractivity contribution is 0.383. The van der Waals surface area contributed by atoms with Crippen LogP contribution in [0.1, 0.15) is 36.0 Å². The molecule has 0 saturated heterocycles. The molecule has 0 radical (unpaired) electrons. The highest BCUT2D eigenvalue weighted by Crippen LogP contribution is 2.42. The van der Waals surface area contributed by atoms with Crippen LogP contribution in [0.5, 0.6) is 23.0 Å². The van der Waals surface area contributed by atoms with Crippen molar-refractivity contribution in [3.8, 4) is 23.0 Å². The Morgan fingerprint density at radius 3 is 2.32 bits per heavy atom. The molecule has 0 aliphatic rings. The van der Waals surface area contributed by atoms with Crippen molar-refractivity contribution in [1.82, 2.24) is 0 Å². The van der Waals surface area contributed by atoms with Gasteiger partial charge in [-0.1, -0.05) is 13.0 Å². The van der Waals surface area contributed by atoms with Gasteiger partial charge in [0.1, 0.15) is 23.0 Å². The molecule has 0 heterocycles. The monoisotopic (exact) mass is 302 g/mol. The lowest BCUT2D eigenvalue weighted by Crippen LogP contribution is -2.05. The maximum Gasteiger partial charge on any atom is 0.129 e. The number of phenolic OH excluding ortho intramolecular Hbond substituents is 2. The Morgan fingerprint density at radius 1 is 1.00 bits per heavy atom. The molecular weight excluding hydrogens is 280 g/mol. The van der Waals surface area contributed by atoms with Gasteiger partial charge < -0.3 is 19.7 Å². The molecule has 22 heavy (non-hydrogen) atoms. The first-order valence-corrected chi connectivity index (χ1v) is 7.26. The van der Waals surface area contributed by atoms with Gasteiger partial charge in [0.2, 0.25) is 0 Å². The van der Waals surface area contributed by atoms with Gasteiger partial charge in [-0.15, -0.1) is 0 Å². The summed E-state index contributed by atoms with van der Waals surface area (Å²) in [6.07, 6.45) is 0.763. The van der Waals surface area contributed by atoms with Gasteiger partial charge in [0, 0.05) is 22.6 Å². The van der Waals surface area contributed by atoms with Crippen molar-refractivity contribution in [1.29, 1.82) is 0 Å². The highest BCUT2D eigenvalue weighted by atomic mass is 16.5. The van der Waals surface area contributed by atoms with Gasteiger partial charge in [-0.05, 0) is 37.6 Å². The van der Waals surface area contributed by atoms with Crippen molar-refractivity contribution in [2.24, 2.45) is 0 Å². The first kappa shape index (κ1) is 16.0. The average molecular weight is 302 g/mol. The average Bonchev–Trinajstić information content (AvgIpc) is 2.51. The van der Waals surface area contributed by atoms with E-state index in [1.165, 1.54) is 12.1 Å². The fourth-order valence-electron chi connectivity index (χ4n) is 2.89. The molecule has 1 unspecified atom stereocenters. The van der Waals surface area contributed by atoms with E-state index in [2.05, 4.69) is 0 Å². The highest BCUT2D eigenvalue weighted by Gasteiger charge is 2.22. The summed E-state index contributed by atoms with van der Waals surface area (Å²) in [5.74, 6) is 1.73. The molecular formula is C18H22O4. The second-order valence-electron chi connectivity index (χ2n) is 5.22. The largest absolute Gasteiger partial charge is 0.508 e. The lowest BCUT2D eigenvalue weighted by atomic mass is 9.86. The van der Waals surface area contributed by atoms with Crippen LogP contribution in [0.3, 0.4) is 0 Å². The van der Waals surface area contributed by atoms with Crippen molar-refractivity contribution in [3.63, 3.8) is 0 Å². The van der Waals surface area contributed by atoms with Crippen LogP contribution in [-0.4, -0.2) is 24.4 Å². The fraction of sp³-hybridized carbons (Fsp3) is 0.333. The van der Waals surface area contributed by atoms with Gasteiger partial charge in [-0.2, -0.15) is 0 Å². The topological polar surface area (TPSA) is 58.9 Å². The van der Waals surface area contributed by atoms with Crippen LogP contribution in [0, 0.1) is 6.92 Å². The quantitative estimate of drug-likeness (QED) is 0.821. The third-order valence-electron chi connectivity index (χ3n) is 3.98. The normalized spacial score (nSPS) is 12.0. The number of phenols is 2. The van der Waals surface area contributed by atoms with Crippen LogP contribution >= 0.6 is 0 Å². The van der Waals surface area contributed by atoms with E-state index in [1.807, 2.05) is 26.0 Å². The highest BCUT2D eigenvalue weighted by molar-refractivity contribution is 5.55. The number of ether oxygens (including phenoxy) is 2. The SMILES string of the molecule is CCC(c1cc(O)ccc1O)c1ccc(OC)c(C)c1OC. The predicted molar refractivity (Wildman–Crippen MR) is 86.2 cm³/mol. The zero-order valence-corrected chi connectivity index (χ0v) is 13.4. The van der Waals surface area contributed by atoms with Crippen LogP contribution in [0.15, 0.2) is 30.3 Å². The van der Waals surface area contributed by atoms with Crippen LogP contribution in [0.2, 0.25) is 0 Å². The molecule has 0 aliphatic heterocycles. The zero-order chi connectivity index (χ0) is 16.3. The molecule has 2 rings (SSSR count). The molecule has 0 aromatic heterocycles. The molecule has 0 spiro atoms. The molecule has 2 N–H and O–H groups in total. The van der Waals surface area contributed by atoms with Crippen molar-refractivity contribution in [2.45, 2.75) is 26.2 Å². The van der Waals surface area contributed by atoms with Gasteiger partial charge in [-0.25, -0.2) is 0 Å². The first-order valence-electron chi connectivity index (χ1n) is 7.26. The molecule has 4 nitrogen and oxygen atoms in total. The Balaban J connectivity index is 2.61. The number of aromatic hydroxyl groups is 2. The number of hydrogen-bond acceptors (Lipinski definition) is 4. The number of benzene rings is 2. The Morgan fingerprint density at radius 2 is 1.73 bits per heavy atom. The van der Waals surface area contributed by atoms with Crippen LogP contribution < -0.4 is 9.47 Å². The molecule has 118 valence electrons. The van der Waals surface area contributed by atoms with Crippen LogP contribution in [0.4, 0.5) is 0 Å². The van der Waals surface area contributed by atoms with Crippen LogP contribution in [-0.2, 0) is 0 Å². The van der Waals surface area contributed by atoms with Crippen molar-refractivity contribution < 1.29 is 19.7 Å². The van der Waals surface area contributed by atoms with Crippen molar-refractivity contribution in [2.75, 3.05) is 14.2 Å². The number of rotatable bonds is 5. The molecule has 0 bridgehead atoms. The van der Waals surface area contributed by atoms with Crippen molar-refractivity contribution in [3.05, 3.63) is 47.0 Å². The van der Waals surface area contributed by atoms with Gasteiger partial charge in [0.05, 0.1) is 14.2 Å². The van der Waals surface area contributed by atoms with E-state index in [0.29, 0.717) is 5.56 Å². The number of methoxy groups -OCH3 is 2. The van der Waals surface area contributed by atoms with Gasteiger partial charge in [0.15, 0.2) is 0 Å². The smallest absolute Gasteiger partial charge is 0.129 e. The molecule has 2 aromatic carbocycles. The third kappa shape index (κ3) is 2.82. The summed E-state index contributed by atoms with van der Waals surface area (Å²) in [5.41, 5.74) is 2.56. The van der Waals surface area contributed by atoms with Crippen molar-refractivity contribution >= 4 is 0 Å². The van der Waals surface area contributed by atoms with Gasteiger partial charge in [0.25, 0.3) is 0 Å². The summed E-state index contributed by atoms with van der Waals surface area (Å²) in [6, 6.07) is 8.43. The summed E-state index contributed by atoms with van der Waals surface area (Å²) in [5, 5.41) is 19.9. The summed E-state index contributed by atoms with van der Waals surface area (Å²) < 4.78 is 10.9. The maximum atomic E-state index is 10.2. The Kier molecular flexibility index (Phi) is 4.81. The molecule has 4 heteroatoms. The minimum absolute atomic E-state index is 0.0772. The van der Waals surface area contributed by atoms with Crippen LogP contribution in [0.25, 0.3) is 0 Å². The standard InChI is InChI=1S/C18H22O4/c1-5-13(15-10-12(19)6-8-16(15)20)14-7-9-17(21-3)11(2)18(14)22-4/h6-10,13,19-20H,5H2,1-4H3. The minimum atomic E-state index is -0.0772. The minimum Gasteiger partial charge on any atom is -0.508 e. The summed E-state index contributed by atoms with van der Waals surface area (Å²) in [7, 11) is 3.25. The zero-order valence-electron chi connectivity index (χ0n) is 13.4. The van der Waals surface area contributed by atoms with E-state index in [1.54, 1.807) is 20.3 Å². The Bertz CT molecular complexity index is 664. The lowest BCUT2D eigenvalue weighted by Gasteiger charge is -2.22. The summed E-state index contributed by atoms with van der Waals surface area (Å²) in [6.45, 7) is 3.98. The third-order valence-corrected chi connectivity index (χ3v) is 3.98. The van der Waals surface area contributed by atoms with E-state index in [9.17, 15) is 10.2 Å². The van der Waals surface area contributed by atoms with E-state index in [0.717, 1.165) is 29.0 Å². The molecule has 0 saturated carbocycles. The van der Waals surface area contributed by atoms with E-state index in [4.69, 9.17) is 9.47 Å². The summed E-state index contributed by atoms with van der Waals surface area (Å²) >= 11 is 0. The summed E-state index contributed by atoms with van der Waals surface area (Å²) in [4.78, 5) is 0. The molecule has 0 fully saturated rings. The van der Waals surface area contributed by atoms with E-state index < -0.39 is 0 Å². The predicted octanol–water partition coefficient (Wildman–Crippen LogP) is 3.97. The van der Waals surface area contributed by atoms with E-state index >= 15 is 0 Å². The Hall–Kier alpha value is -2.36. The van der Waals surface area contributed by atoms with E-state index in [-0.39, 0.29) is 17.4 Å². The number of hydrogen-bond donors (Lipinski definition) is 2. The fourth-order valence-corrected chi connectivity index (χ4v) is 2.89. The molecule has 2 aromatic rings. The Labute approximate surface area is 130 Å².